The fraction of sp³-hybridized carbons (Fsp3) is 0. The van der Waals surface area contributed by atoms with E-state index in [-0.39, 0.29) is 0 Å². The number of pyridine rings is 1. The lowest BCUT2D eigenvalue weighted by Crippen LogP contribution is -1.92. The molecule has 0 spiro atoms. The van der Waals surface area contributed by atoms with Gasteiger partial charge in [0.25, 0.3) is 0 Å². The lowest BCUT2D eigenvalue weighted by atomic mass is 10.1. The van der Waals surface area contributed by atoms with Crippen LogP contribution in [0.3, 0.4) is 0 Å². The van der Waals surface area contributed by atoms with Gasteiger partial charge in [-0.2, -0.15) is 0 Å². The van der Waals surface area contributed by atoms with Gasteiger partial charge in [-0.15, -0.1) is 11.3 Å². The van der Waals surface area contributed by atoms with E-state index in [0.29, 0.717) is 5.02 Å². The second-order valence-electron chi connectivity index (χ2n) is 5.30. The van der Waals surface area contributed by atoms with E-state index in [1.807, 2.05) is 53.9 Å². The van der Waals surface area contributed by atoms with Crippen molar-refractivity contribution in [3.8, 4) is 11.3 Å². The molecule has 0 aliphatic carbocycles. The molecule has 3 N–H and O–H groups in total. The average molecular weight is 353 g/mol. The first-order valence-corrected chi connectivity index (χ1v) is 8.57. The minimum absolute atomic E-state index is 0.673. The quantitative estimate of drug-likeness (QED) is 0.488. The van der Waals surface area contributed by atoms with Crippen LogP contribution >= 0.6 is 22.9 Å². The van der Waals surface area contributed by atoms with E-state index in [9.17, 15) is 0 Å². The average Bonchev–Trinajstić information content (AvgIpc) is 3.04. The molecule has 0 aliphatic rings. The Morgan fingerprint density at radius 1 is 1.04 bits per heavy atom. The standard InChI is InChI=1S/C18H13ClN4S/c19-12-3-6-14-15(7-8-21-16(14)9-12)22-18-23-17(10-24-18)11-1-4-13(20)5-2-11/h1-10H,20H2,(H,21,22,23). The number of nitrogens with two attached hydrogens (primary N) is 1. The number of rotatable bonds is 3. The summed E-state index contributed by atoms with van der Waals surface area (Å²) in [5.41, 5.74) is 10.2. The maximum Gasteiger partial charge on any atom is 0.187 e. The maximum atomic E-state index is 6.03. The molecule has 0 unspecified atom stereocenters. The summed E-state index contributed by atoms with van der Waals surface area (Å²) in [5.74, 6) is 0. The van der Waals surface area contributed by atoms with E-state index in [1.54, 1.807) is 17.5 Å². The summed E-state index contributed by atoms with van der Waals surface area (Å²) in [5, 5.41) is 7.89. The molecule has 118 valence electrons. The van der Waals surface area contributed by atoms with Crippen LogP contribution in [0, 0.1) is 0 Å². The SMILES string of the molecule is Nc1ccc(-c2csc(Nc3ccnc4cc(Cl)ccc34)n2)cc1. The molecule has 4 nitrogen and oxygen atoms in total. The molecule has 2 aromatic heterocycles. The molecule has 0 saturated carbocycles. The van der Waals surface area contributed by atoms with E-state index < -0.39 is 0 Å². The number of thiazole rings is 1. The third-order valence-electron chi connectivity index (χ3n) is 3.66. The van der Waals surface area contributed by atoms with E-state index in [2.05, 4.69) is 15.3 Å². The second kappa shape index (κ2) is 6.11. The van der Waals surface area contributed by atoms with E-state index in [0.717, 1.165) is 38.7 Å². The highest BCUT2D eigenvalue weighted by Gasteiger charge is 2.07. The van der Waals surface area contributed by atoms with Crippen LogP contribution in [0.5, 0.6) is 0 Å². The molecule has 24 heavy (non-hydrogen) atoms. The Labute approximate surface area is 147 Å². The minimum atomic E-state index is 0.673. The molecule has 2 aromatic carbocycles. The fourth-order valence-electron chi connectivity index (χ4n) is 2.46. The minimum Gasteiger partial charge on any atom is -0.399 e. The normalized spacial score (nSPS) is 10.9. The zero-order valence-corrected chi connectivity index (χ0v) is 14.1. The van der Waals surface area contributed by atoms with Crippen molar-refractivity contribution in [3.05, 3.63) is 65.1 Å². The van der Waals surface area contributed by atoms with Crippen LogP contribution < -0.4 is 11.1 Å². The van der Waals surface area contributed by atoms with Crippen molar-refractivity contribution < 1.29 is 0 Å². The van der Waals surface area contributed by atoms with Gasteiger partial charge >= 0.3 is 0 Å². The first-order chi connectivity index (χ1) is 11.7. The molecule has 4 aromatic rings. The predicted molar refractivity (Wildman–Crippen MR) is 102 cm³/mol. The summed E-state index contributed by atoms with van der Waals surface area (Å²) < 4.78 is 0. The summed E-state index contributed by atoms with van der Waals surface area (Å²) in [6, 6.07) is 15.3. The van der Waals surface area contributed by atoms with Gasteiger partial charge in [-0.25, -0.2) is 4.98 Å². The Morgan fingerprint density at radius 2 is 1.88 bits per heavy atom. The maximum absolute atomic E-state index is 6.03. The van der Waals surface area contributed by atoms with E-state index in [1.165, 1.54) is 0 Å². The highest BCUT2D eigenvalue weighted by atomic mass is 35.5. The van der Waals surface area contributed by atoms with Crippen LogP contribution in [-0.4, -0.2) is 9.97 Å². The molecule has 0 amide bonds. The first-order valence-electron chi connectivity index (χ1n) is 7.32. The molecular formula is C18H13ClN4S. The van der Waals surface area contributed by atoms with Gasteiger partial charge in [0.05, 0.1) is 16.9 Å². The fourth-order valence-corrected chi connectivity index (χ4v) is 3.36. The first kappa shape index (κ1) is 14.9. The van der Waals surface area contributed by atoms with Gasteiger partial charge in [0.1, 0.15) is 0 Å². The number of hydrogen-bond acceptors (Lipinski definition) is 5. The van der Waals surface area contributed by atoms with Crippen LogP contribution in [0.4, 0.5) is 16.5 Å². The Morgan fingerprint density at radius 3 is 2.71 bits per heavy atom. The van der Waals surface area contributed by atoms with Crippen LogP contribution in [-0.2, 0) is 0 Å². The van der Waals surface area contributed by atoms with Crippen molar-refractivity contribution in [1.82, 2.24) is 9.97 Å². The van der Waals surface area contributed by atoms with Crippen LogP contribution in [0.25, 0.3) is 22.2 Å². The van der Waals surface area contributed by atoms with Crippen molar-refractivity contribution in [3.63, 3.8) is 0 Å². The number of benzene rings is 2. The van der Waals surface area contributed by atoms with E-state index in [4.69, 9.17) is 17.3 Å². The molecule has 0 saturated heterocycles. The number of nitrogen functional groups attached to an aromatic ring is 1. The number of halogens is 1. The number of nitrogens with one attached hydrogen (secondary N) is 1. The summed E-state index contributed by atoms with van der Waals surface area (Å²) in [7, 11) is 0. The molecule has 0 radical (unpaired) electrons. The largest absolute Gasteiger partial charge is 0.399 e. The topological polar surface area (TPSA) is 63.8 Å². The highest BCUT2D eigenvalue weighted by molar-refractivity contribution is 7.14. The lowest BCUT2D eigenvalue weighted by molar-refractivity contribution is 1.37. The van der Waals surface area contributed by atoms with Crippen LogP contribution in [0.2, 0.25) is 5.02 Å². The van der Waals surface area contributed by atoms with Gasteiger partial charge < -0.3 is 11.1 Å². The van der Waals surface area contributed by atoms with Crippen molar-refractivity contribution in [2.45, 2.75) is 0 Å². The van der Waals surface area contributed by atoms with Crippen LogP contribution in [0.1, 0.15) is 0 Å². The zero-order chi connectivity index (χ0) is 16.5. The molecule has 0 atom stereocenters. The lowest BCUT2D eigenvalue weighted by Gasteiger charge is -2.07. The molecule has 0 fully saturated rings. The molecule has 0 aliphatic heterocycles. The number of aromatic nitrogens is 2. The van der Waals surface area contributed by atoms with Crippen molar-refractivity contribution in [2.24, 2.45) is 0 Å². The predicted octanol–water partition coefficient (Wildman–Crippen LogP) is 5.34. The van der Waals surface area contributed by atoms with Gasteiger partial charge in [0.15, 0.2) is 5.13 Å². The van der Waals surface area contributed by atoms with Crippen LogP contribution in [0.15, 0.2) is 60.1 Å². The highest BCUT2D eigenvalue weighted by Crippen LogP contribution is 2.31. The Kier molecular flexibility index (Phi) is 3.80. The third kappa shape index (κ3) is 2.91. The molecule has 6 heteroatoms. The Bertz CT molecular complexity index is 1010. The van der Waals surface area contributed by atoms with Crippen molar-refractivity contribution in [2.75, 3.05) is 11.1 Å². The van der Waals surface area contributed by atoms with Crippen molar-refractivity contribution in [1.29, 1.82) is 0 Å². The van der Waals surface area contributed by atoms with Gasteiger partial charge in [0.2, 0.25) is 0 Å². The summed E-state index contributed by atoms with van der Waals surface area (Å²) in [6.07, 6.45) is 1.76. The Balaban J connectivity index is 1.66. The van der Waals surface area contributed by atoms with Gasteiger partial charge in [-0.3, -0.25) is 4.98 Å². The molecule has 2 heterocycles. The van der Waals surface area contributed by atoms with E-state index >= 15 is 0 Å². The Hall–Kier alpha value is -2.63. The second-order valence-corrected chi connectivity index (χ2v) is 6.60. The molecule has 0 bridgehead atoms. The number of hydrogen-bond donors (Lipinski definition) is 2. The molecule has 4 rings (SSSR count). The van der Waals surface area contributed by atoms with Gasteiger partial charge in [-0.1, -0.05) is 23.7 Å². The summed E-state index contributed by atoms with van der Waals surface area (Å²) >= 11 is 7.59. The zero-order valence-electron chi connectivity index (χ0n) is 12.5. The summed E-state index contributed by atoms with van der Waals surface area (Å²) in [6.45, 7) is 0. The summed E-state index contributed by atoms with van der Waals surface area (Å²) in [4.78, 5) is 9.00. The number of anilines is 3. The number of fused-ring (bicyclic) bond motifs is 1. The third-order valence-corrected chi connectivity index (χ3v) is 4.65. The van der Waals surface area contributed by atoms with Gasteiger partial charge in [-0.05, 0) is 36.4 Å². The van der Waals surface area contributed by atoms with Crippen molar-refractivity contribution >= 4 is 50.3 Å². The van der Waals surface area contributed by atoms with Gasteiger partial charge in [0, 0.05) is 33.2 Å². The molecular weight excluding hydrogens is 340 g/mol. The monoisotopic (exact) mass is 352 g/mol. The smallest absolute Gasteiger partial charge is 0.187 e. The number of nitrogens with zero attached hydrogens (tertiary/aromatic N) is 2.